The summed E-state index contributed by atoms with van der Waals surface area (Å²) in [6.07, 6.45) is 4.10. The van der Waals surface area contributed by atoms with Crippen LogP contribution < -0.4 is 5.32 Å². The van der Waals surface area contributed by atoms with Crippen molar-refractivity contribution in [1.29, 1.82) is 0 Å². The van der Waals surface area contributed by atoms with Crippen LogP contribution in [0.3, 0.4) is 0 Å². The Bertz CT molecular complexity index is 399. The van der Waals surface area contributed by atoms with Gasteiger partial charge < -0.3 is 5.32 Å². The maximum atomic E-state index is 3.68. The van der Waals surface area contributed by atoms with E-state index in [9.17, 15) is 0 Å². The Balaban J connectivity index is 1.76. The van der Waals surface area contributed by atoms with Gasteiger partial charge in [0.25, 0.3) is 0 Å². The molecule has 1 aliphatic heterocycles. The zero-order chi connectivity index (χ0) is 15.1. The zero-order valence-corrected chi connectivity index (χ0v) is 14.6. The van der Waals surface area contributed by atoms with Crippen molar-refractivity contribution < 1.29 is 0 Å². The highest BCUT2D eigenvalue weighted by Crippen LogP contribution is 2.21. The molecule has 2 rings (SSSR count). The summed E-state index contributed by atoms with van der Waals surface area (Å²) in [7, 11) is 0. The minimum Gasteiger partial charge on any atom is -0.311 e. The number of thioether (sulfide) groups is 1. The first-order chi connectivity index (χ1) is 10.0. The van der Waals surface area contributed by atoms with Gasteiger partial charge in [0.15, 0.2) is 0 Å². The van der Waals surface area contributed by atoms with Gasteiger partial charge in [0.2, 0.25) is 0 Å². The molecule has 1 heterocycles. The third-order valence-electron chi connectivity index (χ3n) is 4.01. The van der Waals surface area contributed by atoms with Crippen LogP contribution in [0.25, 0.3) is 0 Å². The number of hydrogen-bond donors (Lipinski definition) is 1. The van der Waals surface area contributed by atoms with Gasteiger partial charge in [0.05, 0.1) is 0 Å². The molecular formula is C18H30N2S. The maximum absolute atomic E-state index is 3.68. The van der Waals surface area contributed by atoms with Crippen molar-refractivity contribution in [3.8, 4) is 0 Å². The van der Waals surface area contributed by atoms with E-state index in [1.807, 2.05) is 11.8 Å². The fourth-order valence-corrected chi connectivity index (χ4v) is 3.72. The number of hydrogen-bond acceptors (Lipinski definition) is 3. The molecule has 0 bridgehead atoms. The first kappa shape index (κ1) is 16.9. The SMILES string of the molecule is CC(C)(C)NCC1CCCCN1CCSc1ccccc1. The average Bonchev–Trinajstić information content (AvgIpc) is 2.46. The normalized spacial score (nSPS) is 20.6. The molecule has 3 heteroatoms. The van der Waals surface area contributed by atoms with Crippen LogP contribution in [0.2, 0.25) is 0 Å². The van der Waals surface area contributed by atoms with Crippen LogP contribution in [0.1, 0.15) is 40.0 Å². The molecule has 1 aromatic rings. The lowest BCUT2D eigenvalue weighted by molar-refractivity contribution is 0.147. The molecule has 0 saturated carbocycles. The van der Waals surface area contributed by atoms with Crippen molar-refractivity contribution in [3.05, 3.63) is 30.3 Å². The van der Waals surface area contributed by atoms with E-state index < -0.39 is 0 Å². The second kappa shape index (κ2) is 8.21. The van der Waals surface area contributed by atoms with Crippen molar-refractivity contribution in [2.45, 2.75) is 56.5 Å². The summed E-state index contributed by atoms with van der Waals surface area (Å²) in [5, 5.41) is 3.68. The van der Waals surface area contributed by atoms with E-state index in [-0.39, 0.29) is 5.54 Å². The number of benzene rings is 1. The molecule has 0 aliphatic carbocycles. The van der Waals surface area contributed by atoms with E-state index in [0.29, 0.717) is 6.04 Å². The third-order valence-corrected chi connectivity index (χ3v) is 5.00. The van der Waals surface area contributed by atoms with Gasteiger partial charge in [-0.05, 0) is 52.3 Å². The third kappa shape index (κ3) is 6.41. The van der Waals surface area contributed by atoms with Gasteiger partial charge in [0.1, 0.15) is 0 Å². The van der Waals surface area contributed by atoms with Gasteiger partial charge >= 0.3 is 0 Å². The van der Waals surface area contributed by atoms with Crippen molar-refractivity contribution >= 4 is 11.8 Å². The summed E-state index contributed by atoms with van der Waals surface area (Å²) in [4.78, 5) is 4.08. The van der Waals surface area contributed by atoms with E-state index in [2.05, 4.69) is 61.3 Å². The first-order valence-electron chi connectivity index (χ1n) is 8.21. The number of nitrogens with zero attached hydrogens (tertiary/aromatic N) is 1. The maximum Gasteiger partial charge on any atom is 0.0221 e. The van der Waals surface area contributed by atoms with Crippen molar-refractivity contribution in [2.75, 3.05) is 25.4 Å². The lowest BCUT2D eigenvalue weighted by atomic mass is 10.0. The lowest BCUT2D eigenvalue weighted by Crippen LogP contribution is -2.50. The molecule has 0 radical (unpaired) electrons. The average molecular weight is 307 g/mol. The second-order valence-corrected chi connectivity index (χ2v) is 8.15. The number of piperidine rings is 1. The second-order valence-electron chi connectivity index (χ2n) is 6.98. The quantitative estimate of drug-likeness (QED) is 0.799. The molecule has 0 aromatic heterocycles. The van der Waals surface area contributed by atoms with Crippen molar-refractivity contribution in [2.24, 2.45) is 0 Å². The smallest absolute Gasteiger partial charge is 0.0221 e. The van der Waals surface area contributed by atoms with E-state index in [0.717, 1.165) is 6.54 Å². The van der Waals surface area contributed by atoms with Crippen LogP contribution in [0, 0.1) is 0 Å². The van der Waals surface area contributed by atoms with E-state index in [1.54, 1.807) is 0 Å². The summed E-state index contributed by atoms with van der Waals surface area (Å²) in [5.41, 5.74) is 0.224. The fraction of sp³-hybridized carbons (Fsp3) is 0.667. The molecule has 1 unspecified atom stereocenters. The molecule has 1 atom stereocenters. The summed E-state index contributed by atoms with van der Waals surface area (Å²) >= 11 is 1.98. The topological polar surface area (TPSA) is 15.3 Å². The summed E-state index contributed by atoms with van der Waals surface area (Å²) in [6, 6.07) is 11.5. The van der Waals surface area contributed by atoms with Gasteiger partial charge in [-0.3, -0.25) is 4.90 Å². The van der Waals surface area contributed by atoms with Gasteiger partial charge in [-0.25, -0.2) is 0 Å². The monoisotopic (exact) mass is 306 g/mol. The molecule has 1 aromatic carbocycles. The minimum absolute atomic E-state index is 0.224. The Morgan fingerprint density at radius 2 is 1.95 bits per heavy atom. The zero-order valence-electron chi connectivity index (χ0n) is 13.8. The Labute approximate surface area is 134 Å². The van der Waals surface area contributed by atoms with Gasteiger partial charge in [-0.1, -0.05) is 24.6 Å². The summed E-state index contributed by atoms with van der Waals surface area (Å²) in [6.45, 7) is 10.4. The Morgan fingerprint density at radius 3 is 2.67 bits per heavy atom. The predicted molar refractivity (Wildman–Crippen MR) is 94.1 cm³/mol. The molecule has 21 heavy (non-hydrogen) atoms. The van der Waals surface area contributed by atoms with Crippen LogP contribution >= 0.6 is 11.8 Å². The highest BCUT2D eigenvalue weighted by atomic mass is 32.2. The number of nitrogens with one attached hydrogen (secondary N) is 1. The molecule has 1 aliphatic rings. The number of likely N-dealkylation sites (tertiary alicyclic amines) is 1. The lowest BCUT2D eigenvalue weighted by Gasteiger charge is -2.37. The first-order valence-corrected chi connectivity index (χ1v) is 9.20. The standard InChI is InChI=1S/C18H30N2S/c1-18(2,3)19-15-16-9-7-8-12-20(16)13-14-21-17-10-5-4-6-11-17/h4-6,10-11,16,19H,7-9,12-15H2,1-3H3. The van der Waals surface area contributed by atoms with Crippen LogP contribution in [0.4, 0.5) is 0 Å². The van der Waals surface area contributed by atoms with Gasteiger partial charge in [-0.2, -0.15) is 0 Å². The van der Waals surface area contributed by atoms with Gasteiger partial charge in [0, 0.05) is 35.3 Å². The molecule has 0 spiro atoms. The van der Waals surface area contributed by atoms with Crippen LogP contribution in [0.15, 0.2) is 35.2 Å². The predicted octanol–water partition coefficient (Wildman–Crippen LogP) is 4.02. The molecule has 1 N–H and O–H groups in total. The van der Waals surface area contributed by atoms with Crippen LogP contribution in [-0.2, 0) is 0 Å². The van der Waals surface area contributed by atoms with Crippen LogP contribution in [0.5, 0.6) is 0 Å². The molecule has 1 fully saturated rings. The van der Waals surface area contributed by atoms with Crippen molar-refractivity contribution in [3.63, 3.8) is 0 Å². The van der Waals surface area contributed by atoms with E-state index in [1.165, 1.54) is 43.0 Å². The largest absolute Gasteiger partial charge is 0.311 e. The number of rotatable bonds is 6. The molecule has 118 valence electrons. The molecule has 0 amide bonds. The summed E-state index contributed by atoms with van der Waals surface area (Å²) in [5.74, 6) is 1.19. The Hall–Kier alpha value is -0.510. The Morgan fingerprint density at radius 1 is 1.19 bits per heavy atom. The van der Waals surface area contributed by atoms with Crippen molar-refractivity contribution in [1.82, 2.24) is 10.2 Å². The molecular weight excluding hydrogens is 276 g/mol. The van der Waals surface area contributed by atoms with Gasteiger partial charge in [-0.15, -0.1) is 11.8 Å². The summed E-state index contributed by atoms with van der Waals surface area (Å²) < 4.78 is 0. The molecule has 1 saturated heterocycles. The molecule has 2 nitrogen and oxygen atoms in total. The highest BCUT2D eigenvalue weighted by Gasteiger charge is 2.23. The highest BCUT2D eigenvalue weighted by molar-refractivity contribution is 7.99. The minimum atomic E-state index is 0.224. The van der Waals surface area contributed by atoms with Crippen LogP contribution in [-0.4, -0.2) is 41.9 Å². The Kier molecular flexibility index (Phi) is 6.59. The van der Waals surface area contributed by atoms with E-state index >= 15 is 0 Å². The fourth-order valence-electron chi connectivity index (χ4n) is 2.81. The van der Waals surface area contributed by atoms with E-state index in [4.69, 9.17) is 0 Å².